The molecule has 3 rings (SSSR count). The van der Waals surface area contributed by atoms with Crippen LogP contribution in [0.5, 0.6) is 0 Å². The van der Waals surface area contributed by atoms with Gasteiger partial charge in [0.25, 0.3) is 5.56 Å². The lowest BCUT2D eigenvalue weighted by atomic mass is 10.1. The molecule has 0 aliphatic heterocycles. The normalized spacial score (nSPS) is 11.2. The number of benzene rings is 1. The highest BCUT2D eigenvalue weighted by atomic mass is 35.5. The van der Waals surface area contributed by atoms with E-state index in [4.69, 9.17) is 17.3 Å². The van der Waals surface area contributed by atoms with Gasteiger partial charge in [0.05, 0.1) is 10.7 Å². The second-order valence-corrected chi connectivity index (χ2v) is 5.11. The van der Waals surface area contributed by atoms with E-state index in [2.05, 4.69) is 5.10 Å². The van der Waals surface area contributed by atoms with E-state index in [0.717, 1.165) is 16.9 Å². The standard InChI is InChI=1S/C15H15ClN4O/c1-2-19-10(9-17)7-15(21)20-14(19)8-13(18-20)11-5-3-4-6-12(11)16/h3-8H,2,9,17H2,1H3. The first-order chi connectivity index (χ1) is 10.2. The molecule has 2 aromatic heterocycles. The summed E-state index contributed by atoms with van der Waals surface area (Å²) in [6.45, 7) is 3.03. The molecule has 0 fully saturated rings. The summed E-state index contributed by atoms with van der Waals surface area (Å²) < 4.78 is 3.37. The zero-order valence-electron chi connectivity index (χ0n) is 11.6. The third-order valence-corrected chi connectivity index (χ3v) is 3.82. The monoisotopic (exact) mass is 302 g/mol. The van der Waals surface area contributed by atoms with Crippen molar-refractivity contribution < 1.29 is 0 Å². The first-order valence-electron chi connectivity index (χ1n) is 6.73. The van der Waals surface area contributed by atoms with Crippen molar-refractivity contribution >= 4 is 17.2 Å². The fourth-order valence-electron chi connectivity index (χ4n) is 2.49. The Morgan fingerprint density at radius 1 is 1.29 bits per heavy atom. The number of fused-ring (bicyclic) bond motifs is 1. The zero-order chi connectivity index (χ0) is 15.0. The molecule has 0 radical (unpaired) electrons. The molecule has 5 nitrogen and oxygen atoms in total. The van der Waals surface area contributed by atoms with Crippen LogP contribution in [0.3, 0.4) is 0 Å². The van der Waals surface area contributed by atoms with Crippen molar-refractivity contribution in [2.45, 2.75) is 20.0 Å². The van der Waals surface area contributed by atoms with E-state index in [1.54, 1.807) is 6.07 Å². The van der Waals surface area contributed by atoms with E-state index in [9.17, 15) is 4.79 Å². The van der Waals surface area contributed by atoms with Crippen molar-refractivity contribution in [1.29, 1.82) is 0 Å². The van der Waals surface area contributed by atoms with Gasteiger partial charge in [-0.2, -0.15) is 9.61 Å². The lowest BCUT2D eigenvalue weighted by molar-refractivity contribution is 0.690. The number of aromatic nitrogens is 3. The second kappa shape index (κ2) is 5.35. The number of nitrogens with two attached hydrogens (primary N) is 1. The van der Waals surface area contributed by atoms with E-state index in [1.165, 1.54) is 10.6 Å². The first-order valence-corrected chi connectivity index (χ1v) is 7.11. The summed E-state index contributed by atoms with van der Waals surface area (Å²) in [6, 6.07) is 10.8. The topological polar surface area (TPSA) is 65.3 Å². The summed E-state index contributed by atoms with van der Waals surface area (Å²) in [5.74, 6) is 0. The van der Waals surface area contributed by atoms with Crippen molar-refractivity contribution in [3.63, 3.8) is 0 Å². The minimum absolute atomic E-state index is 0.187. The van der Waals surface area contributed by atoms with Gasteiger partial charge >= 0.3 is 0 Å². The predicted octanol–water partition coefficient (Wildman–Crippen LogP) is 2.29. The molecule has 0 unspecified atom stereocenters. The van der Waals surface area contributed by atoms with Gasteiger partial charge in [-0.3, -0.25) is 4.79 Å². The van der Waals surface area contributed by atoms with Gasteiger partial charge in [0.1, 0.15) is 5.65 Å². The zero-order valence-corrected chi connectivity index (χ0v) is 12.3. The molecule has 0 saturated carbocycles. The van der Waals surface area contributed by atoms with E-state index in [1.807, 2.05) is 35.8 Å². The lowest BCUT2D eigenvalue weighted by Crippen LogP contribution is -2.22. The Kier molecular flexibility index (Phi) is 3.53. The summed E-state index contributed by atoms with van der Waals surface area (Å²) in [5.41, 5.74) is 8.53. The van der Waals surface area contributed by atoms with Crippen LogP contribution in [-0.2, 0) is 13.1 Å². The number of halogens is 1. The van der Waals surface area contributed by atoms with Gasteiger partial charge in [-0.15, -0.1) is 0 Å². The van der Waals surface area contributed by atoms with Crippen LogP contribution >= 0.6 is 11.6 Å². The van der Waals surface area contributed by atoms with Crippen LogP contribution in [-0.4, -0.2) is 14.2 Å². The summed E-state index contributed by atoms with van der Waals surface area (Å²) in [5, 5.41) is 4.99. The van der Waals surface area contributed by atoms with Crippen LogP contribution in [0.1, 0.15) is 12.6 Å². The molecule has 0 bridgehead atoms. The highest BCUT2D eigenvalue weighted by Crippen LogP contribution is 2.27. The smallest absolute Gasteiger partial charge is 0.274 e. The molecule has 0 aliphatic carbocycles. The average Bonchev–Trinajstić information content (AvgIpc) is 2.93. The highest BCUT2D eigenvalue weighted by Gasteiger charge is 2.13. The van der Waals surface area contributed by atoms with Gasteiger partial charge in [-0.25, -0.2) is 0 Å². The molecule has 2 heterocycles. The van der Waals surface area contributed by atoms with E-state index in [-0.39, 0.29) is 5.56 Å². The Bertz CT molecular complexity index is 866. The fourth-order valence-corrected chi connectivity index (χ4v) is 2.72. The van der Waals surface area contributed by atoms with E-state index < -0.39 is 0 Å². The van der Waals surface area contributed by atoms with Crippen LogP contribution in [0.4, 0.5) is 0 Å². The number of hydrogen-bond acceptors (Lipinski definition) is 3. The Hall–Kier alpha value is -2.11. The van der Waals surface area contributed by atoms with Gasteiger partial charge in [-0.1, -0.05) is 29.8 Å². The molecule has 21 heavy (non-hydrogen) atoms. The molecule has 0 saturated heterocycles. The third kappa shape index (κ3) is 2.24. The summed E-state index contributed by atoms with van der Waals surface area (Å²) in [6.07, 6.45) is 0. The van der Waals surface area contributed by atoms with Crippen LogP contribution in [0.25, 0.3) is 16.9 Å². The largest absolute Gasteiger partial charge is 0.329 e. The molecule has 3 aromatic rings. The van der Waals surface area contributed by atoms with Crippen molar-refractivity contribution in [3.8, 4) is 11.3 Å². The summed E-state index contributed by atoms with van der Waals surface area (Å²) in [7, 11) is 0. The highest BCUT2D eigenvalue weighted by molar-refractivity contribution is 6.33. The molecule has 1 aromatic carbocycles. The number of aryl methyl sites for hydroxylation is 1. The molecule has 0 spiro atoms. The Balaban J connectivity index is 2.32. The van der Waals surface area contributed by atoms with Crippen molar-refractivity contribution in [1.82, 2.24) is 14.2 Å². The number of rotatable bonds is 3. The Labute approximate surface area is 126 Å². The van der Waals surface area contributed by atoms with Gasteiger partial charge in [0.2, 0.25) is 0 Å². The maximum absolute atomic E-state index is 12.2. The van der Waals surface area contributed by atoms with Gasteiger partial charge in [-0.05, 0) is 13.0 Å². The fraction of sp³-hybridized carbons (Fsp3) is 0.200. The minimum Gasteiger partial charge on any atom is -0.329 e. The molecular weight excluding hydrogens is 288 g/mol. The maximum atomic E-state index is 12.2. The van der Waals surface area contributed by atoms with Crippen LogP contribution < -0.4 is 11.3 Å². The average molecular weight is 303 g/mol. The number of hydrogen-bond donors (Lipinski definition) is 1. The molecule has 0 atom stereocenters. The second-order valence-electron chi connectivity index (χ2n) is 4.70. The first kappa shape index (κ1) is 13.9. The van der Waals surface area contributed by atoms with E-state index in [0.29, 0.717) is 23.8 Å². The SMILES string of the molecule is CCn1c(CN)cc(=O)n2nc(-c3ccccc3Cl)cc12. The van der Waals surface area contributed by atoms with Crippen molar-refractivity contribution in [2.75, 3.05) is 0 Å². The van der Waals surface area contributed by atoms with Crippen molar-refractivity contribution in [3.05, 3.63) is 57.5 Å². The van der Waals surface area contributed by atoms with E-state index >= 15 is 0 Å². The van der Waals surface area contributed by atoms with Crippen LogP contribution in [0.2, 0.25) is 5.02 Å². The molecular formula is C15H15ClN4O. The maximum Gasteiger partial charge on any atom is 0.274 e. The minimum atomic E-state index is -0.187. The summed E-state index contributed by atoms with van der Waals surface area (Å²) >= 11 is 6.20. The van der Waals surface area contributed by atoms with Crippen LogP contribution in [0.15, 0.2) is 41.2 Å². The van der Waals surface area contributed by atoms with Gasteiger partial charge < -0.3 is 10.3 Å². The molecule has 6 heteroatoms. The predicted molar refractivity (Wildman–Crippen MR) is 83.5 cm³/mol. The Morgan fingerprint density at radius 2 is 2.05 bits per heavy atom. The van der Waals surface area contributed by atoms with Crippen LogP contribution in [0, 0.1) is 0 Å². The third-order valence-electron chi connectivity index (χ3n) is 3.49. The molecule has 108 valence electrons. The van der Waals surface area contributed by atoms with Crippen molar-refractivity contribution in [2.24, 2.45) is 5.73 Å². The van der Waals surface area contributed by atoms with Gasteiger partial charge in [0, 0.05) is 36.5 Å². The quantitative estimate of drug-likeness (QED) is 0.807. The summed E-state index contributed by atoms with van der Waals surface area (Å²) in [4.78, 5) is 12.2. The van der Waals surface area contributed by atoms with Gasteiger partial charge in [0.15, 0.2) is 0 Å². The number of nitrogens with zero attached hydrogens (tertiary/aromatic N) is 3. The molecule has 0 aliphatic rings. The lowest BCUT2D eigenvalue weighted by Gasteiger charge is -2.10. The molecule has 0 amide bonds. The molecule has 2 N–H and O–H groups in total. The Morgan fingerprint density at radius 3 is 2.71 bits per heavy atom.